The predicted octanol–water partition coefficient (Wildman–Crippen LogP) is 2.75. The Morgan fingerprint density at radius 3 is 2.00 bits per heavy atom. The lowest BCUT2D eigenvalue weighted by atomic mass is 9.88. The van der Waals surface area contributed by atoms with Gasteiger partial charge >= 0.3 is 0 Å². The van der Waals surface area contributed by atoms with Crippen molar-refractivity contribution in [3.8, 4) is 0 Å². The summed E-state index contributed by atoms with van der Waals surface area (Å²) in [7, 11) is 0. The van der Waals surface area contributed by atoms with Crippen molar-refractivity contribution >= 4 is 11.6 Å². The molecule has 0 aliphatic heterocycles. The van der Waals surface area contributed by atoms with E-state index in [2.05, 4.69) is 0 Å². The highest BCUT2D eigenvalue weighted by Gasteiger charge is 2.17. The molecule has 76 valence electrons. The van der Waals surface area contributed by atoms with E-state index < -0.39 is 0 Å². The van der Waals surface area contributed by atoms with E-state index in [0.29, 0.717) is 12.8 Å². The molecule has 0 aliphatic carbocycles. The van der Waals surface area contributed by atoms with Gasteiger partial charge in [-0.1, -0.05) is 27.7 Å². The van der Waals surface area contributed by atoms with Crippen LogP contribution in [0.15, 0.2) is 0 Å². The number of carbonyl (C=O) groups excluding carboxylic acids is 2. The van der Waals surface area contributed by atoms with Crippen molar-refractivity contribution in [1.29, 1.82) is 0 Å². The maximum atomic E-state index is 11.3. The van der Waals surface area contributed by atoms with Crippen molar-refractivity contribution in [2.75, 3.05) is 0 Å². The van der Waals surface area contributed by atoms with Crippen LogP contribution in [0.5, 0.6) is 0 Å². The van der Waals surface area contributed by atoms with Crippen LogP contribution in [0.25, 0.3) is 0 Å². The van der Waals surface area contributed by atoms with Gasteiger partial charge in [0, 0.05) is 12.8 Å². The molecule has 0 aromatic heterocycles. The molecule has 0 bridgehead atoms. The number of hydrogen-bond acceptors (Lipinski definition) is 2. The zero-order chi connectivity index (χ0) is 10.5. The van der Waals surface area contributed by atoms with Crippen LogP contribution in [0.2, 0.25) is 0 Å². The molecule has 2 heteroatoms. The second kappa shape index (κ2) is 5.15. The van der Waals surface area contributed by atoms with Crippen LogP contribution >= 0.6 is 0 Å². The Bertz CT molecular complexity index is 187. The highest BCUT2D eigenvalue weighted by molar-refractivity contribution is 5.99. The first kappa shape index (κ1) is 12.3. The summed E-state index contributed by atoms with van der Waals surface area (Å²) in [5, 5.41) is 0. The minimum Gasteiger partial charge on any atom is -0.299 e. The van der Waals surface area contributed by atoms with E-state index in [-0.39, 0.29) is 23.4 Å². The van der Waals surface area contributed by atoms with Crippen LogP contribution in [0.4, 0.5) is 0 Å². The number of rotatable bonds is 5. The van der Waals surface area contributed by atoms with Gasteiger partial charge in [0.1, 0.15) is 11.6 Å². The van der Waals surface area contributed by atoms with Gasteiger partial charge in [0.15, 0.2) is 0 Å². The molecule has 0 N–H and O–H groups in total. The fraction of sp³-hybridized carbons (Fsp3) is 0.818. The van der Waals surface area contributed by atoms with Gasteiger partial charge in [-0.15, -0.1) is 0 Å². The standard InChI is InChI=1S/C11H20O2/c1-5-6-9(12)7-10(13)8-11(2,3)4/h5-8H2,1-4H3. The average molecular weight is 184 g/mol. The molecular weight excluding hydrogens is 164 g/mol. The van der Waals surface area contributed by atoms with E-state index in [9.17, 15) is 9.59 Å². The lowest BCUT2D eigenvalue weighted by Gasteiger charge is -2.16. The van der Waals surface area contributed by atoms with Gasteiger partial charge < -0.3 is 0 Å². The normalized spacial score (nSPS) is 11.4. The van der Waals surface area contributed by atoms with E-state index in [0.717, 1.165) is 6.42 Å². The summed E-state index contributed by atoms with van der Waals surface area (Å²) < 4.78 is 0. The van der Waals surface area contributed by atoms with Crippen molar-refractivity contribution in [2.24, 2.45) is 5.41 Å². The molecule has 0 rings (SSSR count). The minimum absolute atomic E-state index is 0.00355. The van der Waals surface area contributed by atoms with Crippen molar-refractivity contribution in [3.63, 3.8) is 0 Å². The van der Waals surface area contributed by atoms with E-state index >= 15 is 0 Å². The molecule has 0 atom stereocenters. The van der Waals surface area contributed by atoms with E-state index in [4.69, 9.17) is 0 Å². The molecule has 0 aliphatic rings. The summed E-state index contributed by atoms with van der Waals surface area (Å²) in [5.41, 5.74) is 0.00355. The van der Waals surface area contributed by atoms with Crippen LogP contribution in [0, 0.1) is 5.41 Å². The Hall–Kier alpha value is -0.660. The highest BCUT2D eigenvalue weighted by Crippen LogP contribution is 2.19. The Morgan fingerprint density at radius 2 is 1.62 bits per heavy atom. The maximum Gasteiger partial charge on any atom is 0.140 e. The first-order valence-electron chi connectivity index (χ1n) is 4.88. The molecule has 0 saturated heterocycles. The second-order valence-corrected chi connectivity index (χ2v) is 4.74. The lowest BCUT2D eigenvalue weighted by molar-refractivity contribution is -0.127. The number of Topliss-reactive ketones (excluding diaryl/α,β-unsaturated/α-hetero) is 2. The zero-order valence-electron chi connectivity index (χ0n) is 9.14. The number of ketones is 2. The fourth-order valence-electron chi connectivity index (χ4n) is 1.24. The molecular formula is C11H20O2. The van der Waals surface area contributed by atoms with E-state index in [1.165, 1.54) is 0 Å². The highest BCUT2D eigenvalue weighted by atomic mass is 16.1. The number of hydrogen-bond donors (Lipinski definition) is 0. The lowest BCUT2D eigenvalue weighted by Crippen LogP contribution is -2.15. The molecule has 2 nitrogen and oxygen atoms in total. The third-order valence-electron chi connectivity index (χ3n) is 1.65. The van der Waals surface area contributed by atoms with Crippen molar-refractivity contribution in [3.05, 3.63) is 0 Å². The van der Waals surface area contributed by atoms with Gasteiger partial charge in [-0.25, -0.2) is 0 Å². The van der Waals surface area contributed by atoms with E-state index in [1.54, 1.807) is 0 Å². The first-order valence-corrected chi connectivity index (χ1v) is 4.88. The van der Waals surface area contributed by atoms with Crippen LogP contribution in [-0.2, 0) is 9.59 Å². The molecule has 0 aromatic carbocycles. The Labute approximate surface area is 80.7 Å². The number of carbonyl (C=O) groups is 2. The Balaban J connectivity index is 3.82. The second-order valence-electron chi connectivity index (χ2n) is 4.74. The summed E-state index contributed by atoms with van der Waals surface area (Å²) in [6.45, 7) is 7.98. The molecule has 0 fully saturated rings. The quantitative estimate of drug-likeness (QED) is 0.616. The predicted molar refractivity (Wildman–Crippen MR) is 53.6 cm³/mol. The smallest absolute Gasteiger partial charge is 0.140 e. The van der Waals surface area contributed by atoms with Crippen molar-refractivity contribution in [2.45, 2.75) is 53.4 Å². The van der Waals surface area contributed by atoms with E-state index in [1.807, 2.05) is 27.7 Å². The minimum atomic E-state index is 0.00355. The summed E-state index contributed by atoms with van der Waals surface area (Å²) in [5.74, 6) is 0.155. The Kier molecular flexibility index (Phi) is 4.89. The van der Waals surface area contributed by atoms with Gasteiger partial charge in [-0.3, -0.25) is 9.59 Å². The average Bonchev–Trinajstić information content (AvgIpc) is 1.81. The van der Waals surface area contributed by atoms with Gasteiger partial charge in [0.2, 0.25) is 0 Å². The van der Waals surface area contributed by atoms with Gasteiger partial charge in [-0.2, -0.15) is 0 Å². The molecule has 0 spiro atoms. The van der Waals surface area contributed by atoms with Gasteiger partial charge in [-0.05, 0) is 11.8 Å². The first-order chi connectivity index (χ1) is 5.85. The molecule has 13 heavy (non-hydrogen) atoms. The summed E-state index contributed by atoms with van der Waals surface area (Å²) in [6, 6.07) is 0. The van der Waals surface area contributed by atoms with Crippen molar-refractivity contribution in [1.82, 2.24) is 0 Å². The largest absolute Gasteiger partial charge is 0.299 e. The summed E-state index contributed by atoms with van der Waals surface area (Å²) in [4.78, 5) is 22.4. The Morgan fingerprint density at radius 1 is 1.08 bits per heavy atom. The summed E-state index contributed by atoms with van der Waals surface area (Å²) >= 11 is 0. The molecule has 0 heterocycles. The van der Waals surface area contributed by atoms with Crippen LogP contribution in [0.3, 0.4) is 0 Å². The fourth-order valence-corrected chi connectivity index (χ4v) is 1.24. The third-order valence-corrected chi connectivity index (χ3v) is 1.65. The monoisotopic (exact) mass is 184 g/mol. The van der Waals surface area contributed by atoms with Crippen LogP contribution < -0.4 is 0 Å². The molecule has 0 saturated carbocycles. The maximum absolute atomic E-state index is 11.3. The topological polar surface area (TPSA) is 34.1 Å². The van der Waals surface area contributed by atoms with Crippen LogP contribution in [-0.4, -0.2) is 11.6 Å². The van der Waals surface area contributed by atoms with Gasteiger partial charge in [0.05, 0.1) is 6.42 Å². The molecule has 0 amide bonds. The third kappa shape index (κ3) is 7.69. The summed E-state index contributed by atoms with van der Waals surface area (Å²) in [6.07, 6.45) is 2.01. The zero-order valence-corrected chi connectivity index (χ0v) is 9.14. The SMILES string of the molecule is CCCC(=O)CC(=O)CC(C)(C)C. The van der Waals surface area contributed by atoms with Gasteiger partial charge in [0.25, 0.3) is 0 Å². The van der Waals surface area contributed by atoms with Crippen LogP contribution in [0.1, 0.15) is 53.4 Å². The van der Waals surface area contributed by atoms with Crippen molar-refractivity contribution < 1.29 is 9.59 Å². The molecule has 0 aromatic rings. The molecule has 0 unspecified atom stereocenters. The molecule has 0 radical (unpaired) electrons.